The number of nitrogens with one attached hydrogen (secondary N) is 1. The van der Waals surface area contributed by atoms with Crippen LogP contribution in [-0.2, 0) is 11.8 Å². The molecule has 0 bridgehead atoms. The number of halogens is 1. The van der Waals surface area contributed by atoms with Gasteiger partial charge in [-0.15, -0.1) is 0 Å². The number of hydrogen-bond acceptors (Lipinski definition) is 2. The highest BCUT2D eigenvalue weighted by Crippen LogP contribution is 2.44. The maximum absolute atomic E-state index is 13.6. The highest BCUT2D eigenvalue weighted by Gasteiger charge is 2.43. The fourth-order valence-corrected chi connectivity index (χ4v) is 4.71. The lowest BCUT2D eigenvalue weighted by Crippen LogP contribution is -2.44. The summed E-state index contributed by atoms with van der Waals surface area (Å²) < 4.78 is 15.4. The Morgan fingerprint density at radius 1 is 0.906 bits per heavy atom. The van der Waals surface area contributed by atoms with Gasteiger partial charge in [-0.25, -0.2) is 4.39 Å². The average molecular weight is 427 g/mol. The number of carbonyl (C=O) groups is 2. The molecular weight excluding hydrogens is 405 g/mol. The highest BCUT2D eigenvalue weighted by molar-refractivity contribution is 6.05. The van der Waals surface area contributed by atoms with Crippen LogP contribution in [-0.4, -0.2) is 28.3 Å². The number of likely N-dealkylation sites (N-methyl/N-ethyl adjacent to an activating group) is 1. The fourth-order valence-electron chi connectivity index (χ4n) is 4.71. The van der Waals surface area contributed by atoms with E-state index in [0.717, 1.165) is 16.5 Å². The molecule has 0 spiro atoms. The summed E-state index contributed by atoms with van der Waals surface area (Å²) >= 11 is 0. The molecule has 0 saturated heterocycles. The van der Waals surface area contributed by atoms with Crippen molar-refractivity contribution >= 4 is 28.4 Å². The largest absolute Gasteiger partial charge is 0.350 e. The van der Waals surface area contributed by atoms with Gasteiger partial charge >= 0.3 is 0 Å². The van der Waals surface area contributed by atoms with E-state index in [0.29, 0.717) is 16.8 Å². The standard InChI is InChI=1S/C26H22FN3O2/c1-29-15-21(18-7-5-6-10-22(18)29)24-23(25(31)28-17-13-11-16(27)12-14-17)19-8-3-4-9-20(19)26(32)30(24)2/h3-15,23-24H,1-2H3,(H,28,31)/t23-,24-/m0/s1. The summed E-state index contributed by atoms with van der Waals surface area (Å²) in [6, 6.07) is 20.4. The molecule has 6 heteroatoms. The minimum absolute atomic E-state index is 0.121. The SMILES string of the molecule is CN1C(=O)c2ccccc2[C@H](C(=O)Nc2ccc(F)cc2)[C@@H]1c1cn(C)c2ccccc12. The van der Waals surface area contributed by atoms with Gasteiger partial charge in [-0.2, -0.15) is 0 Å². The molecule has 0 saturated carbocycles. The number of aromatic nitrogens is 1. The van der Waals surface area contributed by atoms with Gasteiger partial charge in [0.15, 0.2) is 0 Å². The molecule has 32 heavy (non-hydrogen) atoms. The topological polar surface area (TPSA) is 54.3 Å². The molecule has 2 atom stereocenters. The Hall–Kier alpha value is -3.93. The molecule has 1 aromatic heterocycles. The van der Waals surface area contributed by atoms with Crippen LogP contribution in [0.2, 0.25) is 0 Å². The van der Waals surface area contributed by atoms with Crippen LogP contribution in [0.4, 0.5) is 10.1 Å². The molecule has 0 aliphatic carbocycles. The first-order chi connectivity index (χ1) is 15.5. The van der Waals surface area contributed by atoms with Crippen molar-refractivity contribution in [3.05, 3.63) is 102 Å². The number of rotatable bonds is 3. The number of benzene rings is 3. The quantitative estimate of drug-likeness (QED) is 0.507. The van der Waals surface area contributed by atoms with Crippen molar-refractivity contribution in [2.75, 3.05) is 12.4 Å². The molecule has 1 aliphatic heterocycles. The van der Waals surface area contributed by atoms with Crippen molar-refractivity contribution in [2.45, 2.75) is 12.0 Å². The van der Waals surface area contributed by atoms with Crippen molar-refractivity contribution < 1.29 is 14.0 Å². The third kappa shape index (κ3) is 3.15. The predicted molar refractivity (Wildman–Crippen MR) is 122 cm³/mol. The Morgan fingerprint density at radius 3 is 2.38 bits per heavy atom. The molecule has 3 aromatic carbocycles. The van der Waals surface area contributed by atoms with Gasteiger partial charge in [-0.1, -0.05) is 36.4 Å². The molecule has 0 fully saturated rings. The Balaban J connectivity index is 1.67. The zero-order valence-corrected chi connectivity index (χ0v) is 17.7. The van der Waals surface area contributed by atoms with Crippen LogP contribution < -0.4 is 5.32 Å². The monoisotopic (exact) mass is 427 g/mol. The fraction of sp³-hybridized carbons (Fsp3) is 0.154. The van der Waals surface area contributed by atoms with Gasteiger partial charge < -0.3 is 14.8 Å². The zero-order valence-electron chi connectivity index (χ0n) is 17.7. The molecule has 1 aliphatic rings. The molecule has 5 rings (SSSR count). The predicted octanol–water partition coefficient (Wildman–Crippen LogP) is 4.87. The Labute approximate surface area is 185 Å². The Morgan fingerprint density at radius 2 is 1.59 bits per heavy atom. The van der Waals surface area contributed by atoms with Crippen molar-refractivity contribution in [2.24, 2.45) is 7.05 Å². The van der Waals surface area contributed by atoms with Crippen LogP contribution in [0.15, 0.2) is 79.0 Å². The van der Waals surface area contributed by atoms with Gasteiger partial charge in [-0.05, 0) is 42.0 Å². The Bertz CT molecular complexity index is 1340. The Kier molecular flexibility index (Phi) is 4.78. The number of hydrogen-bond donors (Lipinski definition) is 1. The summed E-state index contributed by atoms with van der Waals surface area (Å²) in [6.07, 6.45) is 1.99. The lowest BCUT2D eigenvalue weighted by atomic mass is 9.79. The van der Waals surface area contributed by atoms with Gasteiger partial charge in [0.2, 0.25) is 5.91 Å². The van der Waals surface area contributed by atoms with Gasteiger partial charge in [0.1, 0.15) is 5.82 Å². The van der Waals surface area contributed by atoms with E-state index in [4.69, 9.17) is 0 Å². The first-order valence-corrected chi connectivity index (χ1v) is 10.4. The van der Waals surface area contributed by atoms with E-state index in [1.165, 1.54) is 24.3 Å². The van der Waals surface area contributed by atoms with E-state index in [-0.39, 0.29) is 17.6 Å². The number of nitrogens with zero attached hydrogens (tertiary/aromatic N) is 2. The number of para-hydroxylation sites is 1. The van der Waals surface area contributed by atoms with Crippen molar-refractivity contribution in [3.63, 3.8) is 0 Å². The molecule has 160 valence electrons. The van der Waals surface area contributed by atoms with Gasteiger partial charge in [0.05, 0.1) is 12.0 Å². The summed E-state index contributed by atoms with van der Waals surface area (Å²) in [5, 5.41) is 3.92. The molecule has 4 aromatic rings. The molecule has 0 unspecified atom stereocenters. The first-order valence-electron chi connectivity index (χ1n) is 10.4. The summed E-state index contributed by atoms with van der Waals surface area (Å²) in [6.45, 7) is 0. The minimum Gasteiger partial charge on any atom is -0.350 e. The van der Waals surface area contributed by atoms with Crippen LogP contribution in [0.3, 0.4) is 0 Å². The first kappa shape index (κ1) is 20.0. The van der Waals surface area contributed by atoms with Crippen LogP contribution in [0.5, 0.6) is 0 Å². The maximum Gasteiger partial charge on any atom is 0.254 e. The van der Waals surface area contributed by atoms with E-state index in [2.05, 4.69) is 5.32 Å². The lowest BCUT2D eigenvalue weighted by molar-refractivity contribution is -0.119. The molecule has 2 heterocycles. The van der Waals surface area contributed by atoms with E-state index in [1.807, 2.05) is 54.2 Å². The van der Waals surface area contributed by atoms with Crippen LogP contribution >= 0.6 is 0 Å². The van der Waals surface area contributed by atoms with Crippen LogP contribution in [0.25, 0.3) is 10.9 Å². The van der Waals surface area contributed by atoms with Gasteiger partial charge in [0, 0.05) is 48.0 Å². The molecular formula is C26H22FN3O2. The van der Waals surface area contributed by atoms with Crippen LogP contribution in [0, 0.1) is 5.82 Å². The van der Waals surface area contributed by atoms with E-state index < -0.39 is 12.0 Å². The van der Waals surface area contributed by atoms with E-state index in [9.17, 15) is 14.0 Å². The molecule has 2 amide bonds. The second-order valence-electron chi connectivity index (χ2n) is 8.13. The summed E-state index contributed by atoms with van der Waals surface area (Å²) in [4.78, 5) is 28.5. The van der Waals surface area contributed by atoms with Gasteiger partial charge in [0.25, 0.3) is 5.91 Å². The second-order valence-corrected chi connectivity index (χ2v) is 8.13. The van der Waals surface area contributed by atoms with Crippen molar-refractivity contribution in [1.29, 1.82) is 0 Å². The number of fused-ring (bicyclic) bond motifs is 2. The number of carbonyl (C=O) groups excluding carboxylic acids is 2. The maximum atomic E-state index is 13.6. The summed E-state index contributed by atoms with van der Waals surface area (Å²) in [5.74, 6) is -1.37. The van der Waals surface area contributed by atoms with E-state index >= 15 is 0 Å². The smallest absolute Gasteiger partial charge is 0.254 e. The normalized spacial score (nSPS) is 18.0. The lowest BCUT2D eigenvalue weighted by Gasteiger charge is -2.39. The molecule has 5 nitrogen and oxygen atoms in total. The number of anilines is 1. The van der Waals surface area contributed by atoms with Crippen molar-refractivity contribution in [1.82, 2.24) is 9.47 Å². The minimum atomic E-state index is -0.634. The highest BCUT2D eigenvalue weighted by atomic mass is 19.1. The van der Waals surface area contributed by atoms with Gasteiger partial charge in [-0.3, -0.25) is 9.59 Å². The number of amides is 2. The van der Waals surface area contributed by atoms with E-state index in [1.54, 1.807) is 24.1 Å². The zero-order chi connectivity index (χ0) is 22.4. The average Bonchev–Trinajstić information content (AvgIpc) is 3.14. The summed E-state index contributed by atoms with van der Waals surface area (Å²) in [7, 11) is 3.70. The van der Waals surface area contributed by atoms with Crippen molar-refractivity contribution in [3.8, 4) is 0 Å². The van der Waals surface area contributed by atoms with Crippen LogP contribution in [0.1, 0.15) is 33.4 Å². The second kappa shape index (κ2) is 7.64. The summed E-state index contributed by atoms with van der Waals surface area (Å²) in [5.41, 5.74) is 3.65. The molecule has 0 radical (unpaired) electrons. The third-order valence-corrected chi connectivity index (χ3v) is 6.22. The number of aryl methyl sites for hydroxylation is 1. The molecule has 1 N–H and O–H groups in total. The third-order valence-electron chi connectivity index (χ3n) is 6.22.